The summed E-state index contributed by atoms with van der Waals surface area (Å²) in [6, 6.07) is 8.50. The van der Waals surface area contributed by atoms with Gasteiger partial charge in [0.1, 0.15) is 0 Å². The van der Waals surface area contributed by atoms with E-state index in [-0.39, 0.29) is 6.03 Å². The van der Waals surface area contributed by atoms with Crippen LogP contribution in [0.1, 0.15) is 31.2 Å². The number of benzene rings is 1. The van der Waals surface area contributed by atoms with Crippen LogP contribution in [0.4, 0.5) is 10.5 Å². The molecule has 114 valence electrons. The first-order valence-corrected chi connectivity index (χ1v) is 8.07. The number of hydrogen-bond donors (Lipinski definition) is 2. The number of carbonyl (C=O) groups is 1. The van der Waals surface area contributed by atoms with Crippen molar-refractivity contribution in [3.8, 4) is 0 Å². The fraction of sp³-hybridized carbons (Fsp3) is 0.588. The van der Waals surface area contributed by atoms with Crippen LogP contribution in [0.2, 0.25) is 0 Å². The predicted molar refractivity (Wildman–Crippen MR) is 85.5 cm³/mol. The Morgan fingerprint density at radius 1 is 1.24 bits per heavy atom. The zero-order valence-corrected chi connectivity index (χ0v) is 12.8. The second kappa shape index (κ2) is 6.48. The zero-order chi connectivity index (χ0) is 14.7. The highest BCUT2D eigenvalue weighted by Crippen LogP contribution is 2.30. The molecule has 0 bridgehead atoms. The van der Waals surface area contributed by atoms with Gasteiger partial charge in [-0.1, -0.05) is 17.7 Å². The summed E-state index contributed by atoms with van der Waals surface area (Å²) < 4.78 is 0. The number of nitrogens with one attached hydrogen (secondary N) is 2. The average molecular weight is 287 g/mol. The number of nitrogens with zero attached hydrogens (tertiary/aromatic N) is 1. The van der Waals surface area contributed by atoms with Gasteiger partial charge in [0.2, 0.25) is 0 Å². The molecular formula is C17H25N3O. The van der Waals surface area contributed by atoms with Crippen molar-refractivity contribution in [2.75, 3.05) is 25.0 Å². The molecule has 1 unspecified atom stereocenters. The molecule has 1 saturated heterocycles. The van der Waals surface area contributed by atoms with Crippen LogP contribution in [0.5, 0.6) is 0 Å². The first-order chi connectivity index (χ1) is 10.2. The van der Waals surface area contributed by atoms with Crippen LogP contribution in [0.25, 0.3) is 0 Å². The van der Waals surface area contributed by atoms with Crippen LogP contribution in [-0.4, -0.2) is 36.6 Å². The molecule has 4 heteroatoms. The minimum Gasteiger partial charge on any atom is -0.323 e. The standard InChI is InChI=1S/C17H25N3O/c1-13-4-8-15(9-5-13)19-17(21)20(11-14-6-7-14)12-16-3-2-10-18-16/h4-5,8-9,14,16,18H,2-3,6-7,10-12H2,1H3,(H,19,21). The second-order valence-corrected chi connectivity index (χ2v) is 6.44. The monoisotopic (exact) mass is 287 g/mol. The van der Waals surface area contributed by atoms with E-state index in [1.807, 2.05) is 29.2 Å². The van der Waals surface area contributed by atoms with Crippen molar-refractivity contribution < 1.29 is 4.79 Å². The number of aryl methyl sites for hydroxylation is 1. The summed E-state index contributed by atoms with van der Waals surface area (Å²) in [5.74, 6) is 0.718. The van der Waals surface area contributed by atoms with Gasteiger partial charge in [-0.2, -0.15) is 0 Å². The Morgan fingerprint density at radius 2 is 2.00 bits per heavy atom. The summed E-state index contributed by atoms with van der Waals surface area (Å²) >= 11 is 0. The van der Waals surface area contributed by atoms with E-state index in [0.717, 1.165) is 31.2 Å². The summed E-state index contributed by atoms with van der Waals surface area (Å²) in [5.41, 5.74) is 2.09. The van der Waals surface area contributed by atoms with Crippen molar-refractivity contribution in [3.63, 3.8) is 0 Å². The number of hydrogen-bond acceptors (Lipinski definition) is 2. The van der Waals surface area contributed by atoms with Gasteiger partial charge in [-0.3, -0.25) is 0 Å². The molecular weight excluding hydrogens is 262 g/mol. The van der Waals surface area contributed by atoms with Crippen molar-refractivity contribution >= 4 is 11.7 Å². The normalized spacial score (nSPS) is 21.3. The Balaban J connectivity index is 1.60. The van der Waals surface area contributed by atoms with E-state index in [2.05, 4.69) is 17.6 Å². The number of urea groups is 1. The lowest BCUT2D eigenvalue weighted by molar-refractivity contribution is 0.203. The molecule has 3 rings (SSSR count). The lowest BCUT2D eigenvalue weighted by Gasteiger charge is -2.26. The molecule has 0 aromatic heterocycles. The van der Waals surface area contributed by atoms with Crippen LogP contribution in [-0.2, 0) is 0 Å². The van der Waals surface area contributed by atoms with Crippen LogP contribution in [0.15, 0.2) is 24.3 Å². The Hall–Kier alpha value is -1.55. The second-order valence-electron chi connectivity index (χ2n) is 6.44. The van der Waals surface area contributed by atoms with Gasteiger partial charge >= 0.3 is 6.03 Å². The van der Waals surface area contributed by atoms with Gasteiger partial charge in [0.25, 0.3) is 0 Å². The molecule has 2 fully saturated rings. The van der Waals surface area contributed by atoms with Crippen molar-refractivity contribution in [2.24, 2.45) is 5.92 Å². The SMILES string of the molecule is Cc1ccc(NC(=O)N(CC2CC2)CC2CCCN2)cc1. The quantitative estimate of drug-likeness (QED) is 0.874. The van der Waals surface area contributed by atoms with E-state index < -0.39 is 0 Å². The molecule has 1 aromatic rings. The third-order valence-corrected chi connectivity index (χ3v) is 4.37. The first-order valence-electron chi connectivity index (χ1n) is 8.07. The van der Waals surface area contributed by atoms with Gasteiger partial charge in [-0.15, -0.1) is 0 Å². The molecule has 0 radical (unpaired) electrons. The third-order valence-electron chi connectivity index (χ3n) is 4.37. The average Bonchev–Trinajstić information content (AvgIpc) is 3.14. The summed E-state index contributed by atoms with van der Waals surface area (Å²) in [5, 5.41) is 6.52. The molecule has 21 heavy (non-hydrogen) atoms. The van der Waals surface area contributed by atoms with Crippen molar-refractivity contribution in [1.82, 2.24) is 10.2 Å². The Morgan fingerprint density at radius 3 is 2.62 bits per heavy atom. The number of anilines is 1. The molecule has 2 N–H and O–H groups in total. The van der Waals surface area contributed by atoms with Crippen molar-refractivity contribution in [3.05, 3.63) is 29.8 Å². The fourth-order valence-corrected chi connectivity index (χ4v) is 2.87. The lowest BCUT2D eigenvalue weighted by Crippen LogP contribution is -2.44. The largest absolute Gasteiger partial charge is 0.323 e. The molecule has 1 aromatic carbocycles. The highest BCUT2D eigenvalue weighted by Gasteiger charge is 2.29. The zero-order valence-electron chi connectivity index (χ0n) is 12.8. The molecule has 1 saturated carbocycles. The number of amides is 2. The van der Waals surface area contributed by atoms with Gasteiger partial charge in [0.05, 0.1) is 0 Å². The fourth-order valence-electron chi connectivity index (χ4n) is 2.87. The van der Waals surface area contributed by atoms with Gasteiger partial charge in [-0.25, -0.2) is 4.79 Å². The molecule has 2 aliphatic rings. The summed E-state index contributed by atoms with van der Waals surface area (Å²) in [6.07, 6.45) is 4.94. The first kappa shape index (κ1) is 14.4. The van der Waals surface area contributed by atoms with Gasteiger partial charge in [-0.05, 0) is 57.2 Å². The van der Waals surface area contributed by atoms with E-state index in [4.69, 9.17) is 0 Å². The maximum absolute atomic E-state index is 12.5. The smallest absolute Gasteiger partial charge is 0.321 e. The van der Waals surface area contributed by atoms with E-state index in [9.17, 15) is 4.79 Å². The molecule has 1 atom stereocenters. The minimum atomic E-state index is 0.0412. The topological polar surface area (TPSA) is 44.4 Å². The Labute approximate surface area is 126 Å². The summed E-state index contributed by atoms with van der Waals surface area (Å²) in [6.45, 7) is 4.86. The van der Waals surface area contributed by atoms with E-state index in [0.29, 0.717) is 6.04 Å². The van der Waals surface area contributed by atoms with Gasteiger partial charge in [0, 0.05) is 24.8 Å². The van der Waals surface area contributed by atoms with E-state index in [1.165, 1.54) is 31.2 Å². The van der Waals surface area contributed by atoms with Gasteiger partial charge in [0.15, 0.2) is 0 Å². The van der Waals surface area contributed by atoms with E-state index >= 15 is 0 Å². The van der Waals surface area contributed by atoms with Crippen molar-refractivity contribution in [1.29, 1.82) is 0 Å². The van der Waals surface area contributed by atoms with Crippen LogP contribution in [0, 0.1) is 12.8 Å². The summed E-state index contributed by atoms with van der Waals surface area (Å²) in [4.78, 5) is 14.5. The van der Waals surface area contributed by atoms with Gasteiger partial charge < -0.3 is 15.5 Å². The Bertz CT molecular complexity index is 475. The molecule has 0 spiro atoms. The Kier molecular flexibility index (Phi) is 4.44. The molecule has 1 aliphatic heterocycles. The van der Waals surface area contributed by atoms with Crippen LogP contribution in [0.3, 0.4) is 0 Å². The van der Waals surface area contributed by atoms with Crippen LogP contribution >= 0.6 is 0 Å². The molecule has 4 nitrogen and oxygen atoms in total. The maximum atomic E-state index is 12.5. The molecule has 1 heterocycles. The molecule has 1 aliphatic carbocycles. The molecule has 2 amide bonds. The van der Waals surface area contributed by atoms with E-state index in [1.54, 1.807) is 0 Å². The minimum absolute atomic E-state index is 0.0412. The third kappa shape index (κ3) is 4.21. The summed E-state index contributed by atoms with van der Waals surface area (Å²) in [7, 11) is 0. The highest BCUT2D eigenvalue weighted by molar-refractivity contribution is 5.89. The maximum Gasteiger partial charge on any atom is 0.321 e. The predicted octanol–water partition coefficient (Wildman–Crippen LogP) is 2.99. The van der Waals surface area contributed by atoms with Crippen LogP contribution < -0.4 is 10.6 Å². The lowest BCUT2D eigenvalue weighted by atomic mass is 10.2. The highest BCUT2D eigenvalue weighted by atomic mass is 16.2. The van der Waals surface area contributed by atoms with Crippen molar-refractivity contribution in [2.45, 2.75) is 38.6 Å². The number of rotatable bonds is 5. The number of carbonyl (C=O) groups excluding carboxylic acids is 1.